The SMILES string of the molecule is [B]c1c([B])c([B])c2c(c1[B])-c1c([B])c(-n3c4ccccc4c4cc(-c5ccc6c(c5)c5ccccc5n6-c5ccccc5)ccc43)c([B])c([B])c1C2(C)C. The normalized spacial score (nSPS) is 13.3. The number of aromatic nitrogens is 2. The summed E-state index contributed by atoms with van der Waals surface area (Å²) in [6.45, 7) is 4.05. The molecule has 0 fully saturated rings. The van der Waals surface area contributed by atoms with E-state index in [2.05, 4.69) is 106 Å². The van der Waals surface area contributed by atoms with Crippen LogP contribution in [-0.4, -0.2) is 64.1 Å². The zero-order valence-electron chi connectivity index (χ0n) is 29.9. The molecular formula is C45H25B7N2. The molecule has 0 amide bonds. The highest BCUT2D eigenvalue weighted by atomic mass is 15.0. The van der Waals surface area contributed by atoms with Crippen LogP contribution in [0.1, 0.15) is 25.0 Å². The molecule has 0 saturated heterocycles. The summed E-state index contributed by atoms with van der Waals surface area (Å²) in [5, 5.41) is 4.49. The van der Waals surface area contributed by atoms with Crippen LogP contribution in [0, 0.1) is 0 Å². The topological polar surface area (TPSA) is 9.86 Å². The van der Waals surface area contributed by atoms with Gasteiger partial charge in [-0.05, 0) is 81.9 Å². The lowest BCUT2D eigenvalue weighted by Crippen LogP contribution is -2.51. The van der Waals surface area contributed by atoms with Crippen LogP contribution in [0.4, 0.5) is 0 Å². The summed E-state index contributed by atoms with van der Waals surface area (Å²) in [5.74, 6) is 0. The molecule has 0 N–H and O–H groups in total. The van der Waals surface area contributed by atoms with Crippen LogP contribution in [0.25, 0.3) is 77.2 Å². The highest BCUT2D eigenvalue weighted by Gasteiger charge is 2.41. The van der Waals surface area contributed by atoms with Crippen molar-refractivity contribution in [2.45, 2.75) is 19.3 Å². The minimum absolute atomic E-state index is 0.221. The lowest BCUT2D eigenvalue weighted by atomic mass is 9.61. The van der Waals surface area contributed by atoms with Crippen LogP contribution in [0.2, 0.25) is 0 Å². The predicted octanol–water partition coefficient (Wildman–Crippen LogP) is 3.41. The van der Waals surface area contributed by atoms with Crippen LogP contribution < -0.4 is 38.2 Å². The first-order valence-electron chi connectivity index (χ1n) is 17.9. The average molecular weight is 669 g/mol. The highest BCUT2D eigenvalue weighted by Crippen LogP contribution is 2.45. The van der Waals surface area contributed by atoms with Crippen molar-refractivity contribution in [2.75, 3.05) is 0 Å². The third-order valence-electron chi connectivity index (χ3n) is 11.7. The Kier molecular flexibility index (Phi) is 7.10. The largest absolute Gasteiger partial charge is 0.310 e. The summed E-state index contributed by atoms with van der Waals surface area (Å²) in [4.78, 5) is 0. The Morgan fingerprint density at radius 2 is 0.833 bits per heavy atom. The van der Waals surface area contributed by atoms with Gasteiger partial charge < -0.3 is 9.13 Å². The van der Waals surface area contributed by atoms with Crippen molar-refractivity contribution in [1.82, 2.24) is 9.13 Å². The van der Waals surface area contributed by atoms with Crippen molar-refractivity contribution >= 4 is 137 Å². The van der Waals surface area contributed by atoms with Crippen molar-refractivity contribution in [3.63, 3.8) is 0 Å². The fraction of sp³-hybridized carbons (Fsp3) is 0.0667. The first kappa shape index (κ1) is 33.2. The lowest BCUT2D eigenvalue weighted by Gasteiger charge is -2.29. The van der Waals surface area contributed by atoms with E-state index in [0.717, 1.165) is 55.3 Å². The fourth-order valence-corrected chi connectivity index (χ4v) is 9.21. The molecule has 9 aromatic rings. The second kappa shape index (κ2) is 11.5. The van der Waals surface area contributed by atoms with Crippen LogP contribution in [0.3, 0.4) is 0 Å². The number of hydrogen-bond acceptors (Lipinski definition) is 0. The summed E-state index contributed by atoms with van der Waals surface area (Å²) in [6.07, 6.45) is 0. The molecule has 1 aliphatic carbocycles. The maximum Gasteiger partial charge on any atom is 0.117 e. The molecule has 0 spiro atoms. The van der Waals surface area contributed by atoms with Gasteiger partial charge in [-0.25, -0.2) is 0 Å². The molecule has 0 unspecified atom stereocenters. The van der Waals surface area contributed by atoms with E-state index in [9.17, 15) is 0 Å². The van der Waals surface area contributed by atoms with Gasteiger partial charge in [-0.2, -0.15) is 0 Å². The zero-order valence-corrected chi connectivity index (χ0v) is 29.9. The zero-order chi connectivity index (χ0) is 37.4. The second-order valence-electron chi connectivity index (χ2n) is 14.9. The van der Waals surface area contributed by atoms with Crippen molar-refractivity contribution in [2.24, 2.45) is 0 Å². The first-order valence-corrected chi connectivity index (χ1v) is 17.9. The van der Waals surface area contributed by atoms with Gasteiger partial charge in [0, 0.05) is 38.3 Å². The third-order valence-corrected chi connectivity index (χ3v) is 11.7. The number of para-hydroxylation sites is 3. The Morgan fingerprint density at radius 1 is 0.389 bits per heavy atom. The summed E-state index contributed by atoms with van der Waals surface area (Å²) in [7, 11) is 47.5. The van der Waals surface area contributed by atoms with Crippen molar-refractivity contribution in [3.8, 4) is 33.6 Å². The van der Waals surface area contributed by atoms with Gasteiger partial charge in [0.05, 0.1) is 22.1 Å². The second-order valence-corrected chi connectivity index (χ2v) is 14.9. The van der Waals surface area contributed by atoms with Crippen LogP contribution in [-0.2, 0) is 5.41 Å². The fourth-order valence-electron chi connectivity index (χ4n) is 9.21. The van der Waals surface area contributed by atoms with Crippen LogP contribution >= 0.6 is 0 Å². The van der Waals surface area contributed by atoms with E-state index < -0.39 is 5.41 Å². The van der Waals surface area contributed by atoms with E-state index in [-0.39, 0.29) is 10.9 Å². The van der Waals surface area contributed by atoms with Gasteiger partial charge in [0.15, 0.2) is 0 Å². The molecular weight excluding hydrogens is 644 g/mol. The molecule has 54 heavy (non-hydrogen) atoms. The van der Waals surface area contributed by atoms with Crippen LogP contribution in [0.15, 0.2) is 115 Å². The molecule has 2 aromatic heterocycles. The van der Waals surface area contributed by atoms with Gasteiger partial charge in [0.2, 0.25) is 0 Å². The molecule has 236 valence electrons. The monoisotopic (exact) mass is 670 g/mol. The predicted molar refractivity (Wildman–Crippen MR) is 236 cm³/mol. The molecule has 10 rings (SSSR count). The maximum atomic E-state index is 7.26. The molecule has 0 aliphatic heterocycles. The van der Waals surface area contributed by atoms with Gasteiger partial charge in [-0.1, -0.05) is 108 Å². The van der Waals surface area contributed by atoms with E-state index in [0.29, 0.717) is 44.1 Å². The summed E-state index contributed by atoms with van der Waals surface area (Å²) in [6, 6.07) is 40.5. The van der Waals surface area contributed by atoms with Gasteiger partial charge in [-0.15, -0.1) is 10.9 Å². The lowest BCUT2D eigenvalue weighted by molar-refractivity contribution is 0.670. The molecule has 9 heteroatoms. The van der Waals surface area contributed by atoms with Gasteiger partial charge in [0.1, 0.15) is 54.9 Å². The van der Waals surface area contributed by atoms with Crippen molar-refractivity contribution in [3.05, 3.63) is 126 Å². The minimum atomic E-state index is -0.695. The van der Waals surface area contributed by atoms with E-state index in [4.69, 9.17) is 54.9 Å². The van der Waals surface area contributed by atoms with Gasteiger partial charge >= 0.3 is 0 Å². The standard InChI is InChI=1S/C45H25B7N2/c1-45(2)35-33(37(46)41(50)42(51)39(35)48)34-36(45)40(49)43(52)44(38(34)47)54-30-15-9-7-13-26(30)28-21-23(17-19-32(28)54)22-16-18-31-27(20-22)25-12-6-8-14-29(25)53(31)24-10-4-3-5-11-24/h3-21H,1-2H3. The van der Waals surface area contributed by atoms with E-state index in [1.165, 1.54) is 16.3 Å². The van der Waals surface area contributed by atoms with Crippen molar-refractivity contribution in [1.29, 1.82) is 0 Å². The molecule has 0 saturated carbocycles. The third kappa shape index (κ3) is 4.27. The smallest absolute Gasteiger partial charge is 0.117 e. The Labute approximate surface area is 323 Å². The van der Waals surface area contributed by atoms with E-state index in [1.807, 2.05) is 32.0 Å². The first-order chi connectivity index (χ1) is 26.0. The molecule has 2 nitrogen and oxygen atoms in total. The van der Waals surface area contributed by atoms with Crippen LogP contribution in [0.5, 0.6) is 0 Å². The number of nitrogens with zero attached hydrogens (tertiary/aromatic N) is 2. The number of fused-ring (bicyclic) bond motifs is 9. The molecule has 0 bridgehead atoms. The number of benzene rings is 7. The Hall–Kier alpha value is -5.41. The van der Waals surface area contributed by atoms with Gasteiger partial charge in [0.25, 0.3) is 0 Å². The minimum Gasteiger partial charge on any atom is -0.310 e. The summed E-state index contributed by atoms with van der Waals surface area (Å²) in [5.41, 5.74) is 12.6. The van der Waals surface area contributed by atoms with Gasteiger partial charge in [-0.3, -0.25) is 0 Å². The van der Waals surface area contributed by atoms with Crippen molar-refractivity contribution < 1.29 is 0 Å². The molecule has 0 atom stereocenters. The maximum absolute atomic E-state index is 7.26. The number of hydrogen-bond donors (Lipinski definition) is 0. The Morgan fingerprint density at radius 3 is 1.43 bits per heavy atom. The highest BCUT2D eigenvalue weighted by molar-refractivity contribution is 6.65. The van der Waals surface area contributed by atoms with E-state index in [1.54, 1.807) is 0 Å². The Bertz CT molecular complexity index is 3100. The molecule has 2 heterocycles. The molecule has 7 aromatic carbocycles. The summed E-state index contributed by atoms with van der Waals surface area (Å²) < 4.78 is 4.44. The quantitative estimate of drug-likeness (QED) is 0.256. The summed E-state index contributed by atoms with van der Waals surface area (Å²) >= 11 is 0. The van der Waals surface area contributed by atoms with E-state index >= 15 is 0 Å². The average Bonchev–Trinajstić information content (AvgIpc) is 3.78. The molecule has 14 radical (unpaired) electrons. The number of rotatable bonds is 3. The Balaban J connectivity index is 1.21. The molecule has 1 aliphatic rings.